The molecule has 2 atom stereocenters. The number of rotatable bonds is 22. The van der Waals surface area contributed by atoms with Crippen LogP contribution in [-0.2, 0) is 52.9 Å². The highest BCUT2D eigenvalue weighted by Crippen LogP contribution is 2.23. The molecule has 0 saturated carbocycles. The van der Waals surface area contributed by atoms with E-state index in [1.807, 2.05) is 88.4 Å². The average Bonchev–Trinajstić information content (AvgIpc) is 3.26. The molecule has 0 spiro atoms. The molecule has 0 aliphatic heterocycles. The largest absolute Gasteiger partial charge is 0.243 e. The molecule has 6 aromatic carbocycles. The van der Waals surface area contributed by atoms with Gasteiger partial charge in [0.2, 0.25) is 40.1 Å². The zero-order valence-electron chi connectivity index (χ0n) is 36.9. The van der Waals surface area contributed by atoms with Crippen molar-refractivity contribution in [3.05, 3.63) is 191 Å². The highest BCUT2D eigenvalue weighted by Gasteiger charge is 2.33. The molecule has 65 heavy (non-hydrogen) atoms. The quantitative estimate of drug-likeness (QED) is 0.0723. The zero-order chi connectivity index (χ0) is 46.8. The summed E-state index contributed by atoms with van der Waals surface area (Å²) < 4.78 is 122. The van der Waals surface area contributed by atoms with Gasteiger partial charge in [0.05, 0.1) is 19.6 Å². The first-order valence-corrected chi connectivity index (χ1v) is 27.1. The van der Waals surface area contributed by atoms with E-state index in [9.17, 15) is 33.7 Å². The Labute approximate surface area is 385 Å². The minimum atomic E-state index is -4.30. The first kappa shape index (κ1) is 49.4. The van der Waals surface area contributed by atoms with E-state index in [2.05, 4.69) is 9.44 Å². The van der Waals surface area contributed by atoms with Gasteiger partial charge < -0.3 is 0 Å². The predicted molar refractivity (Wildman–Crippen MR) is 255 cm³/mol. The number of aryl methyl sites for hydroxylation is 4. The number of benzene rings is 6. The summed E-state index contributed by atoms with van der Waals surface area (Å²) >= 11 is 0. The molecule has 16 heteroatoms. The normalized spacial score (nSPS) is 13.5. The molecule has 0 amide bonds. The van der Waals surface area contributed by atoms with Crippen molar-refractivity contribution in [2.45, 2.75) is 78.6 Å². The van der Waals surface area contributed by atoms with Gasteiger partial charge in [-0.25, -0.2) is 43.1 Å². The van der Waals surface area contributed by atoms with Crippen LogP contribution in [0.15, 0.2) is 177 Å². The molecule has 0 saturated heterocycles. The number of nitrogens with zero attached hydrogens (tertiary/aromatic N) is 2. The Kier molecular flexibility index (Phi) is 16.3. The summed E-state index contributed by atoms with van der Waals surface area (Å²) in [4.78, 5) is 0.0179. The van der Waals surface area contributed by atoms with E-state index in [0.29, 0.717) is 0 Å². The van der Waals surface area contributed by atoms with Crippen LogP contribution < -0.4 is 9.44 Å². The monoisotopic (exact) mass is 956 g/mol. The molecule has 0 heterocycles. The number of nitrogens with one attached hydrogen (secondary N) is 2. The highest BCUT2D eigenvalue weighted by molar-refractivity contribution is 7.90. The van der Waals surface area contributed by atoms with E-state index in [4.69, 9.17) is 0 Å². The molecule has 0 aliphatic carbocycles. The average molecular weight is 957 g/mol. The molecule has 0 unspecified atom stereocenters. The summed E-state index contributed by atoms with van der Waals surface area (Å²) in [5, 5.41) is 0. The first-order valence-electron chi connectivity index (χ1n) is 21.2. The van der Waals surface area contributed by atoms with Crippen molar-refractivity contribution < 1.29 is 33.7 Å². The fourth-order valence-electron chi connectivity index (χ4n) is 7.35. The van der Waals surface area contributed by atoms with E-state index < -0.39 is 52.2 Å². The van der Waals surface area contributed by atoms with E-state index in [1.54, 1.807) is 48.5 Å². The molecule has 0 fully saturated rings. The summed E-state index contributed by atoms with van der Waals surface area (Å²) in [6, 6.07) is 41.7. The van der Waals surface area contributed by atoms with Crippen molar-refractivity contribution >= 4 is 40.1 Å². The molecule has 2 N–H and O–H groups in total. The van der Waals surface area contributed by atoms with Gasteiger partial charge in [-0.2, -0.15) is 8.61 Å². The van der Waals surface area contributed by atoms with Crippen LogP contribution in [0.5, 0.6) is 0 Å². The summed E-state index contributed by atoms with van der Waals surface area (Å²) in [7, 11) is -16.9. The van der Waals surface area contributed by atoms with Crippen LogP contribution in [0.3, 0.4) is 0 Å². The third kappa shape index (κ3) is 13.5. The topological polar surface area (TPSA) is 167 Å². The summed E-state index contributed by atoms with van der Waals surface area (Å²) in [5.41, 5.74) is 4.95. The van der Waals surface area contributed by atoms with E-state index >= 15 is 0 Å². The second-order valence-electron chi connectivity index (χ2n) is 16.3. The van der Waals surface area contributed by atoms with Gasteiger partial charge in [0.25, 0.3) is 0 Å². The Bertz CT molecular complexity index is 2730. The van der Waals surface area contributed by atoms with Crippen LogP contribution in [0.25, 0.3) is 0 Å². The fraction of sp³-hybridized carbons (Fsp3) is 0.265. The minimum absolute atomic E-state index is 0.0134. The number of hydrogen-bond donors (Lipinski definition) is 2. The first-order chi connectivity index (χ1) is 30.8. The Morgan fingerprint density at radius 2 is 0.662 bits per heavy atom. The van der Waals surface area contributed by atoms with E-state index in [1.165, 1.54) is 57.1 Å². The van der Waals surface area contributed by atoms with Gasteiger partial charge in [-0.15, -0.1) is 0 Å². The van der Waals surface area contributed by atoms with Gasteiger partial charge in [0, 0.05) is 38.3 Å². The Balaban J connectivity index is 1.36. The van der Waals surface area contributed by atoms with Crippen molar-refractivity contribution in [1.29, 1.82) is 0 Å². The van der Waals surface area contributed by atoms with Gasteiger partial charge in [-0.1, -0.05) is 131 Å². The van der Waals surface area contributed by atoms with Crippen LogP contribution >= 0.6 is 0 Å². The standard InChI is InChI=1S/C49H56N4O8S4/c1-38-16-24-46(25-17-38)62(54,55)50-44(34-42-12-7-5-8-13-42)36-52(64(58,59)48-28-20-40(3)21-29-48)32-11-33-53(65(60,61)49-30-22-41(4)23-31-49)37-45(35-43-14-9-6-10-15-43)51-63(56,57)47-26-18-39(2)19-27-47/h5-10,12-31,44-45,50-51H,11,32-37H2,1-4H3/t44-,45-/m0/s1. The molecule has 0 aliphatic rings. The maximum Gasteiger partial charge on any atom is 0.243 e. The van der Waals surface area contributed by atoms with Crippen LogP contribution in [-0.4, -0.2) is 80.5 Å². The predicted octanol–water partition coefficient (Wildman–Crippen LogP) is 7.17. The van der Waals surface area contributed by atoms with Crippen molar-refractivity contribution in [2.24, 2.45) is 0 Å². The van der Waals surface area contributed by atoms with Gasteiger partial charge in [0.15, 0.2) is 0 Å². The smallest absolute Gasteiger partial charge is 0.207 e. The Morgan fingerprint density at radius 3 is 0.954 bits per heavy atom. The molecule has 0 bridgehead atoms. The zero-order valence-corrected chi connectivity index (χ0v) is 40.2. The maximum absolute atomic E-state index is 14.7. The minimum Gasteiger partial charge on any atom is -0.207 e. The van der Waals surface area contributed by atoms with Crippen LogP contribution in [0.1, 0.15) is 39.8 Å². The molecule has 0 radical (unpaired) electrons. The SMILES string of the molecule is Cc1ccc(S(=O)(=O)N[C@@H](Cc2ccccc2)CN(CCCN(C[C@H](Cc2ccccc2)NS(=O)(=O)c2ccc(C)cc2)S(=O)(=O)c2ccc(C)cc2)S(=O)(=O)c2ccc(C)cc2)cc1. The van der Waals surface area contributed by atoms with Gasteiger partial charge in [-0.3, -0.25) is 0 Å². The fourth-order valence-corrected chi connectivity index (χ4v) is 12.8. The summed E-state index contributed by atoms with van der Waals surface area (Å²) in [6.45, 7) is 6.32. The van der Waals surface area contributed by atoms with Crippen molar-refractivity contribution in [2.75, 3.05) is 26.2 Å². The summed E-state index contributed by atoms with van der Waals surface area (Å²) in [6.07, 6.45) is 0.242. The second-order valence-corrected chi connectivity index (χ2v) is 23.7. The van der Waals surface area contributed by atoms with Crippen molar-refractivity contribution in [3.63, 3.8) is 0 Å². The lowest BCUT2D eigenvalue weighted by molar-refractivity contribution is 0.326. The van der Waals surface area contributed by atoms with E-state index in [0.717, 1.165) is 33.4 Å². The van der Waals surface area contributed by atoms with Crippen LogP contribution in [0.2, 0.25) is 0 Å². The molecule has 12 nitrogen and oxygen atoms in total. The molecular weight excluding hydrogens is 901 g/mol. The Hall–Kier alpha value is -5.04. The molecule has 0 aromatic heterocycles. The third-order valence-corrected chi connectivity index (χ3v) is 17.8. The lowest BCUT2D eigenvalue weighted by atomic mass is 10.1. The molecule has 6 aromatic rings. The lowest BCUT2D eigenvalue weighted by Gasteiger charge is -2.30. The Morgan fingerprint density at radius 1 is 0.385 bits per heavy atom. The molecule has 6 rings (SSSR count). The maximum atomic E-state index is 14.7. The molecular formula is C49H56N4O8S4. The van der Waals surface area contributed by atoms with E-state index in [-0.39, 0.29) is 65.0 Å². The third-order valence-electron chi connectivity index (χ3n) is 10.9. The van der Waals surface area contributed by atoms with Gasteiger partial charge in [0.1, 0.15) is 0 Å². The highest BCUT2D eigenvalue weighted by atomic mass is 32.2. The van der Waals surface area contributed by atoms with Gasteiger partial charge in [-0.05, 0) is 107 Å². The summed E-state index contributed by atoms with van der Waals surface area (Å²) in [5.74, 6) is 0. The van der Waals surface area contributed by atoms with Gasteiger partial charge >= 0.3 is 0 Å². The number of sulfonamides is 4. The van der Waals surface area contributed by atoms with Crippen LogP contribution in [0.4, 0.5) is 0 Å². The second kappa shape index (κ2) is 21.5. The van der Waals surface area contributed by atoms with Crippen molar-refractivity contribution in [3.8, 4) is 0 Å². The molecule has 344 valence electrons. The van der Waals surface area contributed by atoms with Crippen molar-refractivity contribution in [1.82, 2.24) is 18.1 Å². The van der Waals surface area contributed by atoms with Crippen LogP contribution in [0, 0.1) is 27.7 Å². The number of hydrogen-bond acceptors (Lipinski definition) is 8. The lowest BCUT2D eigenvalue weighted by Crippen LogP contribution is -2.49.